The second-order valence-corrected chi connectivity index (χ2v) is 5.09. The fourth-order valence-corrected chi connectivity index (χ4v) is 2.75. The Labute approximate surface area is 109 Å². The Hall–Kier alpha value is -2.12. The van der Waals surface area contributed by atoms with Crippen LogP contribution in [0, 0.1) is 5.41 Å². The summed E-state index contributed by atoms with van der Waals surface area (Å²) in [7, 11) is 0. The van der Waals surface area contributed by atoms with Crippen LogP contribution in [0.25, 0.3) is 0 Å². The fraction of sp³-hybridized carbons (Fsp3) is 0.636. The van der Waals surface area contributed by atoms with Crippen LogP contribution in [-0.4, -0.2) is 43.2 Å². The van der Waals surface area contributed by atoms with Gasteiger partial charge in [-0.2, -0.15) is 0 Å². The van der Waals surface area contributed by atoms with Crippen LogP contribution in [0.1, 0.15) is 25.1 Å². The van der Waals surface area contributed by atoms with Gasteiger partial charge in [-0.3, -0.25) is 4.79 Å². The summed E-state index contributed by atoms with van der Waals surface area (Å²) in [5, 5.41) is 19.7. The van der Waals surface area contributed by atoms with Crippen molar-refractivity contribution in [2.75, 3.05) is 6.54 Å². The molecule has 1 aromatic rings. The molecule has 0 bridgehead atoms. The molecule has 102 valence electrons. The molecule has 1 fully saturated rings. The molecule has 0 unspecified atom stereocenters. The summed E-state index contributed by atoms with van der Waals surface area (Å²) in [6.45, 7) is 1.71. The fourth-order valence-electron chi connectivity index (χ4n) is 2.75. The second-order valence-electron chi connectivity index (χ2n) is 5.09. The van der Waals surface area contributed by atoms with E-state index in [9.17, 15) is 4.79 Å². The van der Waals surface area contributed by atoms with Crippen molar-refractivity contribution in [3.05, 3.63) is 12.2 Å². The van der Waals surface area contributed by atoms with Gasteiger partial charge in [-0.05, 0) is 12.8 Å². The number of nitrogens with zero attached hydrogens (tertiary/aromatic N) is 5. The molecule has 1 saturated carbocycles. The largest absolute Gasteiger partial charge is 0.409 e. The van der Waals surface area contributed by atoms with Gasteiger partial charge in [-0.15, -0.1) is 10.2 Å². The van der Waals surface area contributed by atoms with Crippen molar-refractivity contribution >= 4 is 11.7 Å². The maximum Gasteiger partial charge on any atom is 0.236 e. The molecule has 8 nitrogen and oxygen atoms in total. The third-order valence-corrected chi connectivity index (χ3v) is 4.14. The molecular formula is C11H16N6O2. The molecule has 8 heteroatoms. The van der Waals surface area contributed by atoms with Crippen LogP contribution in [0.15, 0.2) is 11.5 Å². The van der Waals surface area contributed by atoms with Crippen LogP contribution < -0.4 is 5.73 Å². The molecule has 1 amide bonds. The molecule has 1 aliphatic heterocycles. The summed E-state index contributed by atoms with van der Waals surface area (Å²) in [6, 6.07) is 0. The Kier molecular flexibility index (Phi) is 2.65. The van der Waals surface area contributed by atoms with E-state index in [-0.39, 0.29) is 11.7 Å². The minimum atomic E-state index is -0.809. The van der Waals surface area contributed by atoms with Crippen molar-refractivity contribution < 1.29 is 10.0 Å². The van der Waals surface area contributed by atoms with Crippen molar-refractivity contribution in [2.45, 2.75) is 32.4 Å². The number of aromatic nitrogens is 3. The van der Waals surface area contributed by atoms with E-state index in [0.717, 1.165) is 12.2 Å². The number of fused-ring (bicyclic) bond motifs is 1. The smallest absolute Gasteiger partial charge is 0.236 e. The van der Waals surface area contributed by atoms with Gasteiger partial charge in [-0.25, -0.2) is 0 Å². The Morgan fingerprint density at radius 2 is 2.26 bits per heavy atom. The highest BCUT2D eigenvalue weighted by molar-refractivity contribution is 6.07. The first kappa shape index (κ1) is 11.9. The van der Waals surface area contributed by atoms with Crippen molar-refractivity contribution in [1.82, 2.24) is 19.7 Å². The molecule has 19 heavy (non-hydrogen) atoms. The molecule has 1 aliphatic carbocycles. The molecule has 0 saturated heterocycles. The Balaban J connectivity index is 1.82. The number of hydrogen-bond acceptors (Lipinski definition) is 5. The van der Waals surface area contributed by atoms with E-state index in [1.807, 2.05) is 4.57 Å². The van der Waals surface area contributed by atoms with E-state index in [0.29, 0.717) is 32.5 Å². The minimum absolute atomic E-state index is 0.0239. The maximum absolute atomic E-state index is 12.6. The molecule has 1 aromatic heterocycles. The zero-order valence-corrected chi connectivity index (χ0v) is 10.5. The maximum atomic E-state index is 12.6. The Bertz CT molecular complexity index is 533. The van der Waals surface area contributed by atoms with Gasteiger partial charge in [0, 0.05) is 13.1 Å². The molecule has 0 spiro atoms. The number of hydrogen-bond donors (Lipinski definition) is 2. The van der Waals surface area contributed by atoms with E-state index in [2.05, 4.69) is 15.4 Å². The summed E-state index contributed by atoms with van der Waals surface area (Å²) in [5.74, 6) is 0.729. The lowest BCUT2D eigenvalue weighted by Crippen LogP contribution is -2.56. The first-order valence-corrected chi connectivity index (χ1v) is 6.31. The lowest BCUT2D eigenvalue weighted by molar-refractivity contribution is -0.143. The van der Waals surface area contributed by atoms with Crippen molar-refractivity contribution in [1.29, 1.82) is 0 Å². The number of carbonyl (C=O) groups excluding carboxylic acids is 1. The Morgan fingerprint density at radius 3 is 2.89 bits per heavy atom. The highest BCUT2D eigenvalue weighted by atomic mass is 16.4. The second kappa shape index (κ2) is 4.22. The predicted molar refractivity (Wildman–Crippen MR) is 65.1 cm³/mol. The van der Waals surface area contributed by atoms with Crippen LogP contribution in [0.3, 0.4) is 0 Å². The summed E-state index contributed by atoms with van der Waals surface area (Å²) < 4.78 is 1.93. The van der Waals surface area contributed by atoms with E-state index in [4.69, 9.17) is 10.9 Å². The van der Waals surface area contributed by atoms with E-state index in [1.54, 1.807) is 11.2 Å². The molecule has 0 radical (unpaired) electrons. The van der Waals surface area contributed by atoms with Gasteiger partial charge in [0.1, 0.15) is 11.7 Å². The summed E-state index contributed by atoms with van der Waals surface area (Å²) in [5.41, 5.74) is 4.91. The average molecular weight is 264 g/mol. The van der Waals surface area contributed by atoms with Gasteiger partial charge in [0.2, 0.25) is 5.91 Å². The zero-order valence-electron chi connectivity index (χ0n) is 10.5. The van der Waals surface area contributed by atoms with E-state index in [1.165, 1.54) is 0 Å². The van der Waals surface area contributed by atoms with Gasteiger partial charge < -0.3 is 20.4 Å². The van der Waals surface area contributed by atoms with Gasteiger partial charge in [0.15, 0.2) is 11.7 Å². The standard InChI is InChI=1S/C11H16N6O2/c12-9(15-19)11(2-1-3-11)10(18)16-4-5-17-7-13-14-8(17)6-16/h7,19H,1-6H2,(H2,12,15). The first-order valence-electron chi connectivity index (χ1n) is 6.31. The van der Waals surface area contributed by atoms with Crippen molar-refractivity contribution in [3.8, 4) is 0 Å². The third-order valence-electron chi connectivity index (χ3n) is 4.14. The quantitative estimate of drug-likeness (QED) is 0.325. The number of carbonyl (C=O) groups is 1. The number of nitrogens with two attached hydrogens (primary N) is 1. The number of rotatable bonds is 2. The summed E-state index contributed by atoms with van der Waals surface area (Å²) in [6.07, 6.45) is 3.88. The predicted octanol–water partition coefficient (Wildman–Crippen LogP) is -0.463. The topological polar surface area (TPSA) is 110 Å². The molecule has 0 atom stereocenters. The highest BCUT2D eigenvalue weighted by Crippen LogP contribution is 2.43. The molecule has 3 N–H and O–H groups in total. The molecular weight excluding hydrogens is 248 g/mol. The number of oxime groups is 1. The molecule has 2 aliphatic rings. The lowest BCUT2D eigenvalue weighted by atomic mass is 9.66. The van der Waals surface area contributed by atoms with Crippen LogP contribution in [0.4, 0.5) is 0 Å². The number of amides is 1. The summed E-state index contributed by atoms with van der Waals surface area (Å²) >= 11 is 0. The van der Waals surface area contributed by atoms with Crippen molar-refractivity contribution in [2.24, 2.45) is 16.3 Å². The lowest BCUT2D eigenvalue weighted by Gasteiger charge is -2.43. The average Bonchev–Trinajstić information content (AvgIpc) is 2.84. The zero-order chi connectivity index (χ0) is 13.5. The van der Waals surface area contributed by atoms with Gasteiger partial charge in [-0.1, -0.05) is 11.6 Å². The molecule has 3 rings (SSSR count). The minimum Gasteiger partial charge on any atom is -0.409 e. The number of amidine groups is 1. The van der Waals surface area contributed by atoms with Crippen LogP contribution in [0.2, 0.25) is 0 Å². The van der Waals surface area contributed by atoms with Crippen LogP contribution in [-0.2, 0) is 17.9 Å². The van der Waals surface area contributed by atoms with Gasteiger partial charge in [0.25, 0.3) is 0 Å². The first-order chi connectivity index (χ1) is 9.17. The van der Waals surface area contributed by atoms with E-state index < -0.39 is 5.41 Å². The van der Waals surface area contributed by atoms with Crippen LogP contribution in [0.5, 0.6) is 0 Å². The normalized spacial score (nSPS) is 21.7. The van der Waals surface area contributed by atoms with Gasteiger partial charge in [0.05, 0.1) is 6.54 Å². The molecule has 2 heterocycles. The van der Waals surface area contributed by atoms with E-state index >= 15 is 0 Å². The summed E-state index contributed by atoms with van der Waals surface area (Å²) in [4.78, 5) is 14.4. The monoisotopic (exact) mass is 264 g/mol. The SMILES string of the molecule is NC(=NO)C1(C(=O)N2CCn3cnnc3C2)CCC1. The van der Waals surface area contributed by atoms with Crippen molar-refractivity contribution in [3.63, 3.8) is 0 Å². The Morgan fingerprint density at radius 1 is 1.47 bits per heavy atom. The highest BCUT2D eigenvalue weighted by Gasteiger charge is 2.50. The third kappa shape index (κ3) is 1.66. The van der Waals surface area contributed by atoms with Gasteiger partial charge >= 0.3 is 0 Å². The van der Waals surface area contributed by atoms with Crippen LogP contribution >= 0.6 is 0 Å². The molecule has 0 aromatic carbocycles.